The van der Waals surface area contributed by atoms with Crippen LogP contribution in [0.25, 0.3) is 0 Å². The van der Waals surface area contributed by atoms with Crippen molar-refractivity contribution in [2.24, 2.45) is 5.92 Å². The Balaban J connectivity index is 2.05. The Labute approximate surface area is 98.6 Å². The fourth-order valence-electron chi connectivity index (χ4n) is 2.03. The van der Waals surface area contributed by atoms with Crippen LogP contribution in [0.4, 0.5) is 17.1 Å². The smallest absolute Gasteiger partial charge is 0.314 e. The van der Waals surface area contributed by atoms with Crippen LogP contribution in [0, 0.1) is 16.0 Å². The maximum absolute atomic E-state index is 10.9. The minimum Gasteiger partial charge on any atom is -0.393 e. The Morgan fingerprint density at radius 3 is 2.82 bits per heavy atom. The van der Waals surface area contributed by atoms with E-state index in [1.165, 1.54) is 6.07 Å². The molecule has 1 saturated carbocycles. The van der Waals surface area contributed by atoms with Crippen molar-refractivity contribution in [3.05, 3.63) is 28.3 Å². The summed E-state index contributed by atoms with van der Waals surface area (Å²) in [6, 6.07) is 4.83. The molecular formula is C11H15N3O3. The monoisotopic (exact) mass is 237 g/mol. The quantitative estimate of drug-likeness (QED) is 0.417. The van der Waals surface area contributed by atoms with Crippen molar-refractivity contribution in [3.63, 3.8) is 0 Å². The summed E-state index contributed by atoms with van der Waals surface area (Å²) in [6.45, 7) is 0.626. The van der Waals surface area contributed by atoms with Gasteiger partial charge in [-0.3, -0.25) is 10.1 Å². The summed E-state index contributed by atoms with van der Waals surface area (Å²) in [5.41, 5.74) is 6.10. The first-order valence-corrected chi connectivity index (χ1v) is 5.52. The summed E-state index contributed by atoms with van der Waals surface area (Å²) < 4.78 is 0. The Bertz CT molecular complexity index is 430. The van der Waals surface area contributed by atoms with Crippen molar-refractivity contribution in [1.29, 1.82) is 0 Å². The summed E-state index contributed by atoms with van der Waals surface area (Å²) >= 11 is 0. The number of hydrogen-bond donors (Lipinski definition) is 3. The van der Waals surface area contributed by atoms with Crippen molar-refractivity contribution in [3.8, 4) is 0 Å². The number of benzene rings is 1. The van der Waals surface area contributed by atoms with Gasteiger partial charge in [0.25, 0.3) is 0 Å². The number of anilines is 2. The Hall–Kier alpha value is -1.82. The number of aliphatic hydroxyl groups is 1. The average Bonchev–Trinajstić information content (AvgIpc) is 2.22. The highest BCUT2D eigenvalue weighted by Gasteiger charge is 2.27. The van der Waals surface area contributed by atoms with Gasteiger partial charge >= 0.3 is 5.69 Å². The van der Waals surface area contributed by atoms with Gasteiger partial charge in [0.15, 0.2) is 0 Å². The number of nitrogens with zero attached hydrogens (tertiary/aromatic N) is 1. The zero-order valence-corrected chi connectivity index (χ0v) is 9.30. The average molecular weight is 237 g/mol. The highest BCUT2D eigenvalue weighted by atomic mass is 16.6. The van der Waals surface area contributed by atoms with Crippen LogP contribution in [0.3, 0.4) is 0 Å². The van der Waals surface area contributed by atoms with Crippen LogP contribution in [-0.4, -0.2) is 22.7 Å². The number of nitrogens with two attached hydrogens (primary N) is 1. The molecule has 2 rings (SSSR count). The Morgan fingerprint density at radius 1 is 1.53 bits per heavy atom. The van der Waals surface area contributed by atoms with E-state index in [-0.39, 0.29) is 17.5 Å². The lowest BCUT2D eigenvalue weighted by Crippen LogP contribution is -2.33. The number of nitro groups is 1. The van der Waals surface area contributed by atoms with E-state index in [9.17, 15) is 10.1 Å². The largest absolute Gasteiger partial charge is 0.393 e. The molecule has 92 valence electrons. The van der Waals surface area contributed by atoms with Crippen LogP contribution in [0.5, 0.6) is 0 Å². The van der Waals surface area contributed by atoms with E-state index in [2.05, 4.69) is 5.32 Å². The van der Waals surface area contributed by atoms with Crippen LogP contribution in [0.2, 0.25) is 0 Å². The number of nitrogen functional groups attached to an aromatic ring is 1. The fraction of sp³-hybridized carbons (Fsp3) is 0.455. The van der Waals surface area contributed by atoms with Crippen molar-refractivity contribution >= 4 is 17.1 Å². The van der Waals surface area contributed by atoms with Gasteiger partial charge in [-0.15, -0.1) is 0 Å². The summed E-state index contributed by atoms with van der Waals surface area (Å²) in [5.74, 6) is 0.381. The third kappa shape index (κ3) is 2.47. The molecule has 0 bridgehead atoms. The van der Waals surface area contributed by atoms with Crippen LogP contribution in [0.1, 0.15) is 12.8 Å². The number of aliphatic hydroxyl groups excluding tert-OH is 1. The van der Waals surface area contributed by atoms with Gasteiger partial charge in [-0.05, 0) is 30.9 Å². The molecule has 1 fully saturated rings. The van der Waals surface area contributed by atoms with E-state index in [4.69, 9.17) is 10.8 Å². The lowest BCUT2D eigenvalue weighted by molar-refractivity contribution is -0.383. The third-order valence-corrected chi connectivity index (χ3v) is 3.04. The molecule has 6 heteroatoms. The maximum Gasteiger partial charge on any atom is 0.314 e. The van der Waals surface area contributed by atoms with Crippen LogP contribution < -0.4 is 11.1 Å². The Morgan fingerprint density at radius 2 is 2.24 bits per heavy atom. The molecular weight excluding hydrogens is 222 g/mol. The molecule has 0 spiro atoms. The molecule has 0 atom stereocenters. The summed E-state index contributed by atoms with van der Waals surface area (Å²) in [5, 5.41) is 23.0. The first-order chi connectivity index (χ1) is 8.08. The molecule has 0 unspecified atom stereocenters. The van der Waals surface area contributed by atoms with Crippen molar-refractivity contribution in [2.75, 3.05) is 17.6 Å². The van der Waals surface area contributed by atoms with Gasteiger partial charge in [-0.2, -0.15) is 0 Å². The molecule has 0 aromatic heterocycles. The zero-order valence-electron chi connectivity index (χ0n) is 9.30. The maximum atomic E-state index is 10.9. The van der Waals surface area contributed by atoms with E-state index in [0.29, 0.717) is 18.2 Å². The van der Waals surface area contributed by atoms with Gasteiger partial charge in [-0.25, -0.2) is 0 Å². The van der Waals surface area contributed by atoms with Gasteiger partial charge in [-0.1, -0.05) is 6.07 Å². The zero-order chi connectivity index (χ0) is 12.4. The minimum atomic E-state index is -0.479. The van der Waals surface area contributed by atoms with E-state index >= 15 is 0 Å². The van der Waals surface area contributed by atoms with Gasteiger partial charge < -0.3 is 16.2 Å². The molecule has 0 radical (unpaired) electrons. The first kappa shape index (κ1) is 11.7. The van der Waals surface area contributed by atoms with Crippen molar-refractivity contribution in [2.45, 2.75) is 18.9 Å². The predicted octanol–water partition coefficient (Wildman–Crippen LogP) is 1.36. The summed E-state index contributed by atoms with van der Waals surface area (Å²) in [7, 11) is 0. The Kier molecular flexibility index (Phi) is 3.14. The molecule has 1 aliphatic carbocycles. The first-order valence-electron chi connectivity index (χ1n) is 5.52. The molecule has 1 aliphatic rings. The third-order valence-electron chi connectivity index (χ3n) is 3.04. The van der Waals surface area contributed by atoms with Crippen molar-refractivity contribution in [1.82, 2.24) is 0 Å². The molecule has 0 saturated heterocycles. The summed E-state index contributed by atoms with van der Waals surface area (Å²) in [4.78, 5) is 10.4. The number of nitrogens with one attached hydrogen (secondary N) is 1. The molecule has 6 nitrogen and oxygen atoms in total. The predicted molar refractivity (Wildman–Crippen MR) is 64.7 cm³/mol. The second-order valence-electron chi connectivity index (χ2n) is 4.37. The minimum absolute atomic E-state index is 0.0765. The van der Waals surface area contributed by atoms with Crippen LogP contribution >= 0.6 is 0 Å². The second-order valence-corrected chi connectivity index (χ2v) is 4.37. The number of para-hydroxylation sites is 1. The molecule has 1 aromatic rings. The molecule has 1 aromatic carbocycles. The number of nitro benzene ring substituents is 1. The normalized spacial score (nSPS) is 22.9. The molecule has 0 amide bonds. The van der Waals surface area contributed by atoms with Gasteiger partial charge in [0, 0.05) is 6.54 Å². The van der Waals surface area contributed by atoms with E-state index < -0.39 is 4.92 Å². The van der Waals surface area contributed by atoms with E-state index in [1.54, 1.807) is 12.1 Å². The molecule has 4 N–H and O–H groups in total. The lowest BCUT2D eigenvalue weighted by atomic mass is 9.82. The van der Waals surface area contributed by atoms with E-state index in [0.717, 1.165) is 12.8 Å². The van der Waals surface area contributed by atoms with Gasteiger partial charge in [0.05, 0.1) is 11.0 Å². The second kappa shape index (κ2) is 4.58. The molecule has 0 heterocycles. The SMILES string of the molecule is Nc1cccc(NCC2CC(O)C2)c1[N+](=O)[O-]. The molecule has 0 aliphatic heterocycles. The number of rotatable bonds is 4. The van der Waals surface area contributed by atoms with Crippen molar-refractivity contribution < 1.29 is 10.0 Å². The number of hydrogen-bond acceptors (Lipinski definition) is 5. The van der Waals surface area contributed by atoms with Gasteiger partial charge in [0.1, 0.15) is 11.4 Å². The van der Waals surface area contributed by atoms with E-state index in [1.807, 2.05) is 0 Å². The topological polar surface area (TPSA) is 101 Å². The van der Waals surface area contributed by atoms with Crippen LogP contribution in [-0.2, 0) is 0 Å². The van der Waals surface area contributed by atoms with Crippen LogP contribution in [0.15, 0.2) is 18.2 Å². The highest BCUT2D eigenvalue weighted by molar-refractivity contribution is 5.74. The van der Waals surface area contributed by atoms with Gasteiger partial charge in [0.2, 0.25) is 0 Å². The molecule has 17 heavy (non-hydrogen) atoms. The standard InChI is InChI=1S/C11H15N3O3/c12-9-2-1-3-10(11(9)14(16)17)13-6-7-4-8(15)5-7/h1-3,7-8,13,15H,4-6,12H2. The fourth-order valence-corrected chi connectivity index (χ4v) is 2.03. The lowest BCUT2D eigenvalue weighted by Gasteiger charge is -2.31. The summed E-state index contributed by atoms with van der Waals surface area (Å²) in [6.07, 6.45) is 1.30. The highest BCUT2D eigenvalue weighted by Crippen LogP contribution is 2.32.